The fourth-order valence-electron chi connectivity index (χ4n) is 0.763. The van der Waals surface area contributed by atoms with Gasteiger partial charge in [0.05, 0.1) is 0 Å². The molecular formula is C10H18B. The lowest BCUT2D eigenvalue weighted by atomic mass is 9.67. The van der Waals surface area contributed by atoms with Gasteiger partial charge in [0, 0.05) is 0 Å². The highest BCUT2D eigenvalue weighted by molar-refractivity contribution is 6.37. The molecule has 0 rings (SSSR count). The molecule has 0 amide bonds. The van der Waals surface area contributed by atoms with Gasteiger partial charge in [-0.15, -0.1) is 0 Å². The van der Waals surface area contributed by atoms with Gasteiger partial charge in [-0.05, 0) is 27.7 Å². The number of allylic oxidation sites excluding steroid dienone is 4. The summed E-state index contributed by atoms with van der Waals surface area (Å²) in [4.78, 5) is 0. The smallest absolute Gasteiger partial charge is 0.0895 e. The molecule has 0 N–H and O–H groups in total. The van der Waals surface area contributed by atoms with Gasteiger partial charge < -0.3 is 0 Å². The molecule has 0 bridgehead atoms. The quantitative estimate of drug-likeness (QED) is 0.424. The Morgan fingerprint density at radius 3 is 1.64 bits per heavy atom. The lowest BCUT2D eigenvalue weighted by Gasteiger charge is -1.99. The highest BCUT2D eigenvalue weighted by atomic mass is 13.8. The highest BCUT2D eigenvalue weighted by Gasteiger charge is 1.92. The summed E-state index contributed by atoms with van der Waals surface area (Å²) in [5, 5.41) is 0. The van der Waals surface area contributed by atoms with Crippen LogP contribution in [-0.2, 0) is 0 Å². The zero-order valence-electron chi connectivity index (χ0n) is 8.15. The van der Waals surface area contributed by atoms with Crippen molar-refractivity contribution < 1.29 is 0 Å². The van der Waals surface area contributed by atoms with Crippen molar-refractivity contribution in [2.45, 2.75) is 40.3 Å². The largest absolute Gasteiger partial charge is 0.120 e. The van der Waals surface area contributed by atoms with Crippen LogP contribution in [0, 0.1) is 0 Å². The van der Waals surface area contributed by atoms with E-state index in [0.717, 1.165) is 12.6 Å². The molecule has 1 radical (unpaired) electrons. The average molecular weight is 149 g/mol. The van der Waals surface area contributed by atoms with Crippen LogP contribution in [0.15, 0.2) is 23.3 Å². The molecule has 0 saturated carbocycles. The molecule has 0 fully saturated rings. The predicted octanol–water partition coefficient (Wildman–Crippen LogP) is 3.46. The van der Waals surface area contributed by atoms with E-state index in [4.69, 9.17) is 0 Å². The Kier molecular flexibility index (Phi) is 6.01. The molecule has 0 nitrogen and oxygen atoms in total. The molecular weight excluding hydrogens is 131 g/mol. The van der Waals surface area contributed by atoms with Gasteiger partial charge in [0.25, 0.3) is 0 Å². The molecule has 1 heteroatoms. The molecule has 0 aliphatic heterocycles. The van der Waals surface area contributed by atoms with Crippen molar-refractivity contribution in [3.8, 4) is 0 Å². The number of hydrogen-bond donors (Lipinski definition) is 0. The molecule has 0 aliphatic carbocycles. The zero-order valence-corrected chi connectivity index (χ0v) is 8.15. The normalized spacial score (nSPS) is 13.5. The average Bonchev–Trinajstić information content (AvgIpc) is 2.04. The van der Waals surface area contributed by atoms with E-state index < -0.39 is 0 Å². The Balaban J connectivity index is 3.43. The van der Waals surface area contributed by atoms with Gasteiger partial charge in [0.2, 0.25) is 0 Å². The van der Waals surface area contributed by atoms with E-state index in [1.807, 2.05) is 0 Å². The first-order chi connectivity index (χ1) is 5.20. The standard InChI is InChI=1S/C10H18B/c1-5-9(3)7-11-8-10(4)6-2/h5-6H,7-8H2,1-4H3/b9-5+,10-6+. The second-order valence-corrected chi connectivity index (χ2v) is 2.97. The van der Waals surface area contributed by atoms with E-state index in [1.165, 1.54) is 11.1 Å². The Morgan fingerprint density at radius 2 is 1.36 bits per heavy atom. The Hall–Kier alpha value is -0.455. The molecule has 0 aromatic heterocycles. The van der Waals surface area contributed by atoms with Crippen molar-refractivity contribution in [1.82, 2.24) is 0 Å². The van der Waals surface area contributed by atoms with Crippen LogP contribution in [0.5, 0.6) is 0 Å². The van der Waals surface area contributed by atoms with Crippen LogP contribution in [0.3, 0.4) is 0 Å². The van der Waals surface area contributed by atoms with E-state index in [1.54, 1.807) is 0 Å². The van der Waals surface area contributed by atoms with E-state index >= 15 is 0 Å². The van der Waals surface area contributed by atoms with Crippen molar-refractivity contribution in [3.63, 3.8) is 0 Å². The van der Waals surface area contributed by atoms with E-state index in [9.17, 15) is 0 Å². The number of rotatable bonds is 4. The predicted molar refractivity (Wildman–Crippen MR) is 54.2 cm³/mol. The third-order valence-corrected chi connectivity index (χ3v) is 1.92. The molecule has 0 aromatic rings. The molecule has 0 unspecified atom stereocenters. The Morgan fingerprint density at radius 1 is 1.00 bits per heavy atom. The minimum atomic E-state index is 1.13. The lowest BCUT2D eigenvalue weighted by molar-refractivity contribution is 1.29. The first kappa shape index (κ1) is 10.5. The van der Waals surface area contributed by atoms with Crippen molar-refractivity contribution in [2.24, 2.45) is 0 Å². The van der Waals surface area contributed by atoms with Gasteiger partial charge in [0.15, 0.2) is 0 Å². The van der Waals surface area contributed by atoms with E-state index in [0.29, 0.717) is 0 Å². The monoisotopic (exact) mass is 149 g/mol. The van der Waals surface area contributed by atoms with Crippen molar-refractivity contribution in [1.29, 1.82) is 0 Å². The summed E-state index contributed by atoms with van der Waals surface area (Å²) in [5.74, 6) is 0. The van der Waals surface area contributed by atoms with Crippen LogP contribution in [0.2, 0.25) is 12.6 Å². The number of hydrogen-bond acceptors (Lipinski definition) is 0. The van der Waals surface area contributed by atoms with Crippen LogP contribution in [0.25, 0.3) is 0 Å². The van der Waals surface area contributed by atoms with Crippen LogP contribution in [-0.4, -0.2) is 7.28 Å². The third kappa shape index (κ3) is 5.96. The zero-order chi connectivity index (χ0) is 8.69. The molecule has 0 aromatic carbocycles. The molecule has 0 saturated heterocycles. The van der Waals surface area contributed by atoms with Crippen molar-refractivity contribution in [2.75, 3.05) is 0 Å². The second kappa shape index (κ2) is 6.27. The molecule has 61 valence electrons. The summed E-state index contributed by atoms with van der Waals surface area (Å²) in [5.41, 5.74) is 2.91. The van der Waals surface area contributed by atoms with Gasteiger partial charge in [0.1, 0.15) is 7.28 Å². The Labute approximate surface area is 71.6 Å². The molecule has 0 aliphatic rings. The van der Waals surface area contributed by atoms with Crippen LogP contribution in [0.1, 0.15) is 27.7 Å². The fraction of sp³-hybridized carbons (Fsp3) is 0.600. The third-order valence-electron chi connectivity index (χ3n) is 1.92. The Bertz CT molecular complexity index is 136. The van der Waals surface area contributed by atoms with Gasteiger partial charge in [-0.3, -0.25) is 0 Å². The topological polar surface area (TPSA) is 0 Å². The second-order valence-electron chi connectivity index (χ2n) is 2.97. The molecule has 0 spiro atoms. The molecule has 0 atom stereocenters. The summed E-state index contributed by atoms with van der Waals surface area (Å²) in [6.45, 7) is 8.51. The maximum Gasteiger partial charge on any atom is 0.120 e. The maximum atomic E-state index is 2.32. The van der Waals surface area contributed by atoms with Gasteiger partial charge in [-0.25, -0.2) is 0 Å². The summed E-state index contributed by atoms with van der Waals surface area (Å²) >= 11 is 0. The first-order valence-electron chi connectivity index (χ1n) is 4.26. The first-order valence-corrected chi connectivity index (χ1v) is 4.26. The van der Waals surface area contributed by atoms with Crippen molar-refractivity contribution >= 4 is 7.28 Å². The summed E-state index contributed by atoms with van der Waals surface area (Å²) in [6, 6.07) is 0. The maximum absolute atomic E-state index is 2.32. The SMILES string of the molecule is C/C=C(\C)C[B]C/C(C)=C/C. The molecule has 0 heterocycles. The van der Waals surface area contributed by atoms with Gasteiger partial charge in [-0.1, -0.05) is 35.9 Å². The fourth-order valence-corrected chi connectivity index (χ4v) is 0.763. The van der Waals surface area contributed by atoms with Gasteiger partial charge in [-0.2, -0.15) is 0 Å². The van der Waals surface area contributed by atoms with E-state index in [2.05, 4.69) is 47.1 Å². The lowest BCUT2D eigenvalue weighted by Crippen LogP contribution is -1.90. The summed E-state index contributed by atoms with van der Waals surface area (Å²) in [7, 11) is 2.32. The highest BCUT2D eigenvalue weighted by Crippen LogP contribution is 2.05. The minimum Gasteiger partial charge on any atom is -0.0895 e. The van der Waals surface area contributed by atoms with Crippen LogP contribution < -0.4 is 0 Å². The van der Waals surface area contributed by atoms with E-state index in [-0.39, 0.29) is 0 Å². The van der Waals surface area contributed by atoms with Crippen LogP contribution >= 0.6 is 0 Å². The van der Waals surface area contributed by atoms with Crippen LogP contribution in [0.4, 0.5) is 0 Å². The summed E-state index contributed by atoms with van der Waals surface area (Å²) < 4.78 is 0. The summed E-state index contributed by atoms with van der Waals surface area (Å²) in [6.07, 6.45) is 6.59. The van der Waals surface area contributed by atoms with Gasteiger partial charge >= 0.3 is 0 Å². The molecule has 11 heavy (non-hydrogen) atoms. The minimum absolute atomic E-state index is 1.13. The van der Waals surface area contributed by atoms with Crippen molar-refractivity contribution in [3.05, 3.63) is 23.3 Å².